The Morgan fingerprint density at radius 2 is 2.12 bits per heavy atom. The lowest BCUT2D eigenvalue weighted by molar-refractivity contribution is 0.205. The third-order valence-corrected chi connectivity index (χ3v) is 2.84. The molecule has 0 aliphatic rings. The normalized spacial score (nSPS) is 9.94. The first kappa shape index (κ1) is 13.9. The molecule has 0 radical (unpaired) electrons. The van der Waals surface area contributed by atoms with Crippen molar-refractivity contribution in [3.63, 3.8) is 0 Å². The first-order chi connectivity index (χ1) is 8.31. The smallest absolute Gasteiger partial charge is 0.225 e. The van der Waals surface area contributed by atoms with Gasteiger partial charge in [-0.15, -0.1) is 0 Å². The van der Waals surface area contributed by atoms with Crippen molar-refractivity contribution < 1.29 is 4.74 Å². The Kier molecular flexibility index (Phi) is 6.51. The summed E-state index contributed by atoms with van der Waals surface area (Å²) in [5, 5.41) is 9.35. The molecule has 0 saturated carbocycles. The zero-order valence-corrected chi connectivity index (χ0v) is 11.4. The van der Waals surface area contributed by atoms with E-state index in [1.54, 1.807) is 19.5 Å². The Bertz CT molecular complexity index is 363. The van der Waals surface area contributed by atoms with Crippen molar-refractivity contribution in [2.75, 3.05) is 31.7 Å². The minimum Gasteiger partial charge on any atom is -0.383 e. The van der Waals surface area contributed by atoms with Gasteiger partial charge in [0.05, 0.1) is 19.1 Å². The van der Waals surface area contributed by atoms with Crippen molar-refractivity contribution in [1.29, 1.82) is 5.26 Å². The largest absolute Gasteiger partial charge is 0.383 e. The fourth-order valence-electron chi connectivity index (χ4n) is 1.28. The molecule has 0 N–H and O–H groups in total. The van der Waals surface area contributed by atoms with Crippen molar-refractivity contribution in [2.45, 2.75) is 11.8 Å². The maximum Gasteiger partial charge on any atom is 0.225 e. The van der Waals surface area contributed by atoms with E-state index in [9.17, 15) is 0 Å². The van der Waals surface area contributed by atoms with Gasteiger partial charge in [0, 0.05) is 37.9 Å². The summed E-state index contributed by atoms with van der Waals surface area (Å²) >= 11 is 3.35. The van der Waals surface area contributed by atoms with Gasteiger partial charge < -0.3 is 9.64 Å². The van der Waals surface area contributed by atoms with Crippen LogP contribution in [0.2, 0.25) is 0 Å². The molecule has 0 amide bonds. The minimum absolute atomic E-state index is 0.452. The Hall–Kier alpha value is -1.19. The molecule has 17 heavy (non-hydrogen) atoms. The van der Waals surface area contributed by atoms with Crippen LogP contribution in [0, 0.1) is 11.3 Å². The standard InChI is InChI=1S/C11H15BrN4O/c1-17-6-5-16(4-2-3-13)11-14-8-10(7-12)9-15-11/h8-9H,2,4-7H2,1H3. The van der Waals surface area contributed by atoms with E-state index in [1.807, 2.05) is 4.90 Å². The molecule has 0 saturated heterocycles. The third kappa shape index (κ3) is 4.67. The molecule has 0 spiro atoms. The highest BCUT2D eigenvalue weighted by Gasteiger charge is 2.08. The second kappa shape index (κ2) is 7.98. The Balaban J connectivity index is 2.69. The topological polar surface area (TPSA) is 62.0 Å². The van der Waals surface area contributed by atoms with Gasteiger partial charge in [0.15, 0.2) is 0 Å². The quantitative estimate of drug-likeness (QED) is 0.718. The van der Waals surface area contributed by atoms with Crippen LogP contribution in [0.1, 0.15) is 12.0 Å². The van der Waals surface area contributed by atoms with Gasteiger partial charge in [-0.1, -0.05) is 15.9 Å². The first-order valence-electron chi connectivity index (χ1n) is 5.29. The number of rotatable bonds is 7. The molecule has 5 nitrogen and oxygen atoms in total. The van der Waals surface area contributed by atoms with E-state index < -0.39 is 0 Å². The zero-order valence-electron chi connectivity index (χ0n) is 9.77. The molecule has 0 aliphatic heterocycles. The molecule has 0 bridgehead atoms. The van der Waals surface area contributed by atoms with Gasteiger partial charge in [0.1, 0.15) is 0 Å². The Morgan fingerprint density at radius 1 is 1.41 bits per heavy atom. The fourth-order valence-corrected chi connectivity index (χ4v) is 1.57. The van der Waals surface area contributed by atoms with Crippen LogP contribution in [0.5, 0.6) is 0 Å². The number of alkyl halides is 1. The summed E-state index contributed by atoms with van der Waals surface area (Å²) in [5.41, 5.74) is 1.03. The van der Waals surface area contributed by atoms with Crippen LogP contribution >= 0.6 is 15.9 Å². The Labute approximate surface area is 110 Å². The summed E-state index contributed by atoms with van der Waals surface area (Å²) in [6.45, 7) is 1.90. The maximum atomic E-state index is 8.61. The Morgan fingerprint density at radius 3 is 2.65 bits per heavy atom. The fraction of sp³-hybridized carbons (Fsp3) is 0.545. The van der Waals surface area contributed by atoms with Gasteiger partial charge in [0.2, 0.25) is 5.95 Å². The molecular weight excluding hydrogens is 284 g/mol. The maximum absolute atomic E-state index is 8.61. The van der Waals surface area contributed by atoms with Crippen LogP contribution < -0.4 is 4.90 Å². The van der Waals surface area contributed by atoms with E-state index in [0.717, 1.165) is 10.9 Å². The van der Waals surface area contributed by atoms with E-state index in [1.165, 1.54) is 0 Å². The van der Waals surface area contributed by atoms with Gasteiger partial charge in [-0.3, -0.25) is 0 Å². The lowest BCUT2D eigenvalue weighted by Gasteiger charge is -2.20. The summed E-state index contributed by atoms with van der Waals surface area (Å²) in [6.07, 6.45) is 4.01. The van der Waals surface area contributed by atoms with Crippen LogP contribution in [0.3, 0.4) is 0 Å². The van der Waals surface area contributed by atoms with Crippen molar-refractivity contribution in [3.8, 4) is 6.07 Å². The number of nitriles is 1. The average molecular weight is 299 g/mol. The second-order valence-electron chi connectivity index (χ2n) is 3.41. The number of halogens is 1. The summed E-state index contributed by atoms with van der Waals surface area (Å²) in [7, 11) is 1.65. The van der Waals surface area contributed by atoms with Crippen LogP contribution in [0.25, 0.3) is 0 Å². The van der Waals surface area contributed by atoms with Gasteiger partial charge >= 0.3 is 0 Å². The molecule has 0 unspecified atom stereocenters. The molecule has 1 rings (SSSR count). The predicted molar refractivity (Wildman–Crippen MR) is 69.0 cm³/mol. The van der Waals surface area contributed by atoms with Crippen LogP contribution in [0.15, 0.2) is 12.4 Å². The lowest BCUT2D eigenvalue weighted by Crippen LogP contribution is -2.29. The van der Waals surface area contributed by atoms with Gasteiger partial charge in [-0.2, -0.15) is 5.26 Å². The van der Waals surface area contributed by atoms with Crippen molar-refractivity contribution in [2.24, 2.45) is 0 Å². The van der Waals surface area contributed by atoms with Crippen molar-refractivity contribution in [1.82, 2.24) is 9.97 Å². The van der Waals surface area contributed by atoms with E-state index in [2.05, 4.69) is 32.0 Å². The molecule has 6 heteroatoms. The summed E-state index contributed by atoms with van der Waals surface area (Å²) in [6, 6.07) is 2.12. The summed E-state index contributed by atoms with van der Waals surface area (Å²) in [5.74, 6) is 0.641. The van der Waals surface area contributed by atoms with E-state index in [4.69, 9.17) is 10.00 Å². The van der Waals surface area contributed by atoms with Crippen molar-refractivity contribution >= 4 is 21.9 Å². The molecule has 1 aromatic heterocycles. The number of anilines is 1. The second-order valence-corrected chi connectivity index (χ2v) is 3.97. The molecule has 0 atom stereocenters. The molecule has 92 valence electrons. The highest BCUT2D eigenvalue weighted by atomic mass is 79.9. The summed E-state index contributed by atoms with van der Waals surface area (Å²) in [4.78, 5) is 10.5. The molecule has 0 fully saturated rings. The number of hydrogen-bond acceptors (Lipinski definition) is 5. The summed E-state index contributed by atoms with van der Waals surface area (Å²) < 4.78 is 5.03. The van der Waals surface area contributed by atoms with Gasteiger partial charge in [0.25, 0.3) is 0 Å². The molecule has 0 aliphatic carbocycles. The molecule has 1 heterocycles. The average Bonchev–Trinajstić information content (AvgIpc) is 2.39. The number of hydrogen-bond donors (Lipinski definition) is 0. The number of aromatic nitrogens is 2. The molecular formula is C11H15BrN4O. The number of ether oxygens (including phenoxy) is 1. The zero-order chi connectivity index (χ0) is 12.5. The van der Waals surface area contributed by atoms with Crippen LogP contribution in [0.4, 0.5) is 5.95 Å². The monoisotopic (exact) mass is 298 g/mol. The van der Waals surface area contributed by atoms with Gasteiger partial charge in [-0.05, 0) is 5.56 Å². The molecule has 1 aromatic rings. The van der Waals surface area contributed by atoms with Crippen molar-refractivity contribution in [3.05, 3.63) is 18.0 Å². The van der Waals surface area contributed by atoms with E-state index in [0.29, 0.717) is 32.1 Å². The SMILES string of the molecule is COCCN(CCC#N)c1ncc(CBr)cn1. The third-order valence-electron chi connectivity index (χ3n) is 2.19. The van der Waals surface area contributed by atoms with E-state index >= 15 is 0 Å². The number of methoxy groups -OCH3 is 1. The lowest BCUT2D eigenvalue weighted by atomic mass is 10.4. The minimum atomic E-state index is 0.452. The number of nitrogens with zero attached hydrogens (tertiary/aromatic N) is 4. The highest BCUT2D eigenvalue weighted by Crippen LogP contribution is 2.09. The van der Waals surface area contributed by atoms with Crippen LogP contribution in [-0.4, -0.2) is 36.8 Å². The molecule has 0 aromatic carbocycles. The van der Waals surface area contributed by atoms with E-state index in [-0.39, 0.29) is 0 Å². The first-order valence-corrected chi connectivity index (χ1v) is 6.41. The predicted octanol–water partition coefficient (Wildman–Crippen LogP) is 1.74. The van der Waals surface area contributed by atoms with Crippen LogP contribution in [-0.2, 0) is 10.1 Å². The highest BCUT2D eigenvalue weighted by molar-refractivity contribution is 9.08. The van der Waals surface area contributed by atoms with Gasteiger partial charge in [-0.25, -0.2) is 9.97 Å².